The lowest BCUT2D eigenvalue weighted by Crippen LogP contribution is -2.37. The minimum absolute atomic E-state index is 0.0383. The zero-order valence-corrected chi connectivity index (χ0v) is 19.1. The van der Waals surface area contributed by atoms with E-state index in [-0.39, 0.29) is 28.0 Å². The first kappa shape index (κ1) is 22.2. The molecule has 4 rings (SSSR count). The maximum Gasteiger partial charge on any atom is 0.295 e. The van der Waals surface area contributed by atoms with Crippen molar-refractivity contribution in [3.63, 3.8) is 0 Å². The molecule has 2 aliphatic rings. The number of aliphatic hydroxyl groups is 1. The molecule has 0 bridgehead atoms. The van der Waals surface area contributed by atoms with Crippen LogP contribution in [0.3, 0.4) is 0 Å². The summed E-state index contributed by atoms with van der Waals surface area (Å²) >= 11 is 6.30. The van der Waals surface area contributed by atoms with Gasteiger partial charge in [0, 0.05) is 12.1 Å². The Hall–Kier alpha value is -2.99. The smallest absolute Gasteiger partial charge is 0.295 e. The molecule has 1 aliphatic heterocycles. The molecule has 2 aromatic rings. The van der Waals surface area contributed by atoms with Crippen molar-refractivity contribution in [2.45, 2.75) is 44.7 Å². The SMILES string of the molecule is COc1cc(OC)c(/C(O)=C2\C(=O)C(=O)N(C3CCCC3)C2c2cccc(C)c2)cc1Cl. The summed E-state index contributed by atoms with van der Waals surface area (Å²) in [6.45, 7) is 1.96. The lowest BCUT2D eigenvalue weighted by atomic mass is 9.93. The highest BCUT2D eigenvalue weighted by atomic mass is 35.5. The van der Waals surface area contributed by atoms with Crippen molar-refractivity contribution < 1.29 is 24.2 Å². The van der Waals surface area contributed by atoms with E-state index in [0.29, 0.717) is 11.5 Å². The number of Topliss-reactive ketones (excluding diaryl/α,β-unsaturated/α-hetero) is 1. The molecule has 6 nitrogen and oxygen atoms in total. The van der Waals surface area contributed by atoms with Crippen molar-refractivity contribution in [2.24, 2.45) is 0 Å². The van der Waals surface area contributed by atoms with Crippen LogP contribution in [0.15, 0.2) is 42.0 Å². The number of aryl methyl sites for hydroxylation is 1. The molecule has 1 aliphatic carbocycles. The first-order valence-electron chi connectivity index (χ1n) is 10.7. The van der Waals surface area contributed by atoms with Crippen LogP contribution < -0.4 is 9.47 Å². The summed E-state index contributed by atoms with van der Waals surface area (Å²) in [7, 11) is 2.93. The molecule has 1 saturated heterocycles. The molecule has 1 amide bonds. The number of amides is 1. The van der Waals surface area contributed by atoms with Crippen LogP contribution in [0.2, 0.25) is 5.02 Å². The highest BCUT2D eigenvalue weighted by molar-refractivity contribution is 6.46. The van der Waals surface area contributed by atoms with Gasteiger partial charge in [-0.25, -0.2) is 0 Å². The molecular weight excluding hydrogens is 430 g/mol. The fraction of sp³-hybridized carbons (Fsp3) is 0.360. The van der Waals surface area contributed by atoms with Gasteiger partial charge >= 0.3 is 0 Å². The zero-order valence-electron chi connectivity index (χ0n) is 18.4. The van der Waals surface area contributed by atoms with Crippen LogP contribution in [0.5, 0.6) is 11.5 Å². The van der Waals surface area contributed by atoms with Crippen LogP contribution in [0.1, 0.15) is 48.4 Å². The number of rotatable bonds is 5. The fourth-order valence-corrected chi connectivity index (χ4v) is 5.01. The van der Waals surface area contributed by atoms with Crippen LogP contribution in [0.4, 0.5) is 0 Å². The third-order valence-electron chi connectivity index (χ3n) is 6.29. The van der Waals surface area contributed by atoms with Gasteiger partial charge in [-0.2, -0.15) is 0 Å². The maximum absolute atomic E-state index is 13.3. The van der Waals surface area contributed by atoms with Gasteiger partial charge < -0.3 is 19.5 Å². The number of nitrogens with zero attached hydrogens (tertiary/aromatic N) is 1. The van der Waals surface area contributed by atoms with Crippen LogP contribution in [0, 0.1) is 6.92 Å². The van der Waals surface area contributed by atoms with E-state index in [4.69, 9.17) is 21.1 Å². The molecule has 0 spiro atoms. The summed E-state index contributed by atoms with van der Waals surface area (Å²) in [6.07, 6.45) is 3.70. The molecule has 1 heterocycles. The number of benzene rings is 2. The maximum atomic E-state index is 13.3. The predicted octanol–water partition coefficient (Wildman–Crippen LogP) is 5.03. The Labute approximate surface area is 192 Å². The Morgan fingerprint density at radius 3 is 2.38 bits per heavy atom. The van der Waals surface area contributed by atoms with Crippen LogP contribution in [-0.2, 0) is 9.59 Å². The largest absolute Gasteiger partial charge is 0.507 e. The summed E-state index contributed by atoms with van der Waals surface area (Å²) in [4.78, 5) is 28.1. The molecule has 0 aromatic heterocycles. The molecule has 0 radical (unpaired) electrons. The van der Waals surface area contributed by atoms with E-state index in [1.165, 1.54) is 20.3 Å². The monoisotopic (exact) mass is 455 g/mol. The second-order valence-electron chi connectivity index (χ2n) is 8.25. The molecule has 1 saturated carbocycles. The summed E-state index contributed by atoms with van der Waals surface area (Å²) in [6, 6.07) is 10.0. The number of methoxy groups -OCH3 is 2. The summed E-state index contributed by atoms with van der Waals surface area (Å²) < 4.78 is 10.7. The number of carbonyl (C=O) groups is 2. The second-order valence-corrected chi connectivity index (χ2v) is 8.65. The molecule has 1 atom stereocenters. The zero-order chi connectivity index (χ0) is 23.0. The van der Waals surface area contributed by atoms with Gasteiger partial charge in [0.1, 0.15) is 17.3 Å². The van der Waals surface area contributed by atoms with Crippen molar-refractivity contribution in [1.82, 2.24) is 4.90 Å². The number of aliphatic hydroxyl groups excluding tert-OH is 1. The van der Waals surface area contributed by atoms with Crippen molar-refractivity contribution in [1.29, 1.82) is 0 Å². The second kappa shape index (κ2) is 8.87. The number of ketones is 1. The molecular formula is C25H26ClNO5. The molecule has 32 heavy (non-hydrogen) atoms. The number of carbonyl (C=O) groups excluding carboxylic acids is 2. The van der Waals surface area contributed by atoms with Gasteiger partial charge in [-0.1, -0.05) is 54.3 Å². The average Bonchev–Trinajstić information content (AvgIpc) is 3.40. The van der Waals surface area contributed by atoms with E-state index >= 15 is 0 Å². The molecule has 2 aromatic carbocycles. The molecule has 168 valence electrons. The van der Waals surface area contributed by atoms with Gasteiger partial charge in [0.2, 0.25) is 0 Å². The number of halogens is 1. The normalized spacial score (nSPS) is 20.8. The summed E-state index contributed by atoms with van der Waals surface area (Å²) in [5, 5.41) is 11.6. The van der Waals surface area contributed by atoms with Crippen molar-refractivity contribution in [2.75, 3.05) is 14.2 Å². The van der Waals surface area contributed by atoms with E-state index in [0.717, 1.165) is 36.8 Å². The molecule has 7 heteroatoms. The van der Waals surface area contributed by atoms with Gasteiger partial charge in [0.15, 0.2) is 0 Å². The lowest BCUT2D eigenvalue weighted by molar-refractivity contribution is -0.141. The third kappa shape index (κ3) is 3.73. The van der Waals surface area contributed by atoms with E-state index in [1.807, 2.05) is 31.2 Å². The average molecular weight is 456 g/mol. The number of hydrogen-bond donors (Lipinski definition) is 1. The third-order valence-corrected chi connectivity index (χ3v) is 6.58. The Morgan fingerprint density at radius 2 is 1.75 bits per heavy atom. The van der Waals surface area contributed by atoms with E-state index in [1.54, 1.807) is 11.0 Å². The summed E-state index contributed by atoms with van der Waals surface area (Å²) in [5.74, 6) is -0.921. The molecule has 1 unspecified atom stereocenters. The van der Waals surface area contributed by atoms with Crippen LogP contribution in [0.25, 0.3) is 5.76 Å². The predicted molar refractivity (Wildman–Crippen MR) is 122 cm³/mol. The Balaban J connectivity index is 1.94. The quantitative estimate of drug-likeness (QED) is 0.388. The van der Waals surface area contributed by atoms with Gasteiger partial charge in [-0.05, 0) is 31.4 Å². The van der Waals surface area contributed by atoms with Gasteiger partial charge in [-0.3, -0.25) is 9.59 Å². The van der Waals surface area contributed by atoms with Crippen molar-refractivity contribution in [3.8, 4) is 11.5 Å². The number of likely N-dealkylation sites (tertiary alicyclic amines) is 1. The number of hydrogen-bond acceptors (Lipinski definition) is 5. The topological polar surface area (TPSA) is 76.1 Å². The van der Waals surface area contributed by atoms with Crippen molar-refractivity contribution >= 4 is 29.1 Å². The minimum Gasteiger partial charge on any atom is -0.507 e. The summed E-state index contributed by atoms with van der Waals surface area (Å²) in [5.41, 5.74) is 2.08. The van der Waals surface area contributed by atoms with Gasteiger partial charge in [0.25, 0.3) is 11.7 Å². The highest BCUT2D eigenvalue weighted by Gasteiger charge is 2.49. The molecule has 2 fully saturated rings. The Kier molecular flexibility index (Phi) is 6.15. The van der Waals surface area contributed by atoms with E-state index in [9.17, 15) is 14.7 Å². The molecule has 1 N–H and O–H groups in total. The first-order chi connectivity index (χ1) is 15.4. The Morgan fingerprint density at radius 1 is 1.06 bits per heavy atom. The van der Waals surface area contributed by atoms with E-state index < -0.39 is 17.7 Å². The highest BCUT2D eigenvalue weighted by Crippen LogP contribution is 2.45. The van der Waals surface area contributed by atoms with Crippen LogP contribution >= 0.6 is 11.6 Å². The first-order valence-corrected chi connectivity index (χ1v) is 11.0. The lowest BCUT2D eigenvalue weighted by Gasteiger charge is -2.31. The van der Waals surface area contributed by atoms with Crippen molar-refractivity contribution in [3.05, 3.63) is 63.7 Å². The number of ether oxygens (including phenoxy) is 2. The van der Waals surface area contributed by atoms with E-state index in [2.05, 4.69) is 0 Å². The van der Waals surface area contributed by atoms with Gasteiger partial charge in [-0.15, -0.1) is 0 Å². The minimum atomic E-state index is -0.699. The van der Waals surface area contributed by atoms with Crippen LogP contribution in [-0.4, -0.2) is 42.0 Å². The standard InChI is InChI=1S/C25H26ClNO5/c1-14-7-6-8-15(11-14)22-21(24(29)25(30)27(22)16-9-4-5-10-16)23(28)17-12-18(26)20(32-3)13-19(17)31-2/h6-8,11-13,16,22,28H,4-5,9-10H2,1-3H3/b23-21+. The fourth-order valence-electron chi connectivity index (χ4n) is 4.77. The van der Waals surface area contributed by atoms with Gasteiger partial charge in [0.05, 0.1) is 36.4 Å². The Bertz CT molecular complexity index is 1100.